The Hall–Kier alpha value is -3.52. The molecular formula is C27H29ClN6O5S2. The average Bonchev–Trinajstić information content (AvgIpc) is 3.58. The number of sulfone groups is 1. The number of hydrogen-bond donors (Lipinski definition) is 2. The van der Waals surface area contributed by atoms with Crippen LogP contribution in [0.5, 0.6) is 5.75 Å². The number of halogens is 1. The molecule has 3 heterocycles. The van der Waals surface area contributed by atoms with Crippen LogP contribution in [0.15, 0.2) is 53.7 Å². The van der Waals surface area contributed by atoms with Crippen LogP contribution >= 0.6 is 22.9 Å². The molecule has 0 atom stereocenters. The van der Waals surface area contributed by atoms with Gasteiger partial charge in [-0.15, -0.1) is 0 Å². The quantitative estimate of drug-likeness (QED) is 0.304. The van der Waals surface area contributed by atoms with E-state index in [0.717, 1.165) is 24.4 Å². The Labute approximate surface area is 246 Å². The number of aromatic nitrogens is 3. The van der Waals surface area contributed by atoms with Crippen molar-refractivity contribution < 1.29 is 22.7 Å². The number of carbonyl (C=O) groups is 2. The van der Waals surface area contributed by atoms with Crippen LogP contribution in [0.4, 0.5) is 9.93 Å². The van der Waals surface area contributed by atoms with Crippen LogP contribution in [0.2, 0.25) is 5.02 Å². The van der Waals surface area contributed by atoms with Gasteiger partial charge in [-0.05, 0) is 77.2 Å². The second-order valence-corrected chi connectivity index (χ2v) is 13.7. The number of fused-ring (bicyclic) bond motifs is 1. The van der Waals surface area contributed by atoms with Gasteiger partial charge >= 0.3 is 6.03 Å². The minimum atomic E-state index is -3.49. The van der Waals surface area contributed by atoms with Gasteiger partial charge in [0, 0.05) is 18.5 Å². The highest BCUT2D eigenvalue weighted by Gasteiger charge is 2.31. The van der Waals surface area contributed by atoms with Crippen molar-refractivity contribution in [1.29, 1.82) is 0 Å². The molecule has 0 aliphatic carbocycles. The van der Waals surface area contributed by atoms with Crippen molar-refractivity contribution in [2.75, 3.05) is 25.5 Å². The van der Waals surface area contributed by atoms with Gasteiger partial charge in [-0.2, -0.15) is 5.10 Å². The minimum Gasteiger partial charge on any atom is -0.489 e. The zero-order valence-corrected chi connectivity index (χ0v) is 25.0. The molecule has 0 bridgehead atoms. The molecule has 11 nitrogen and oxygen atoms in total. The maximum Gasteiger partial charge on any atom is 0.327 e. The highest BCUT2D eigenvalue weighted by atomic mass is 35.5. The molecule has 0 unspecified atom stereocenters. The summed E-state index contributed by atoms with van der Waals surface area (Å²) >= 11 is 7.51. The Bertz CT molecular complexity index is 1700. The summed E-state index contributed by atoms with van der Waals surface area (Å²) in [5.74, 6) is -0.300. The lowest BCUT2D eigenvalue weighted by Crippen LogP contribution is -2.37. The summed E-state index contributed by atoms with van der Waals surface area (Å²) in [6.45, 7) is 5.20. The molecule has 0 radical (unpaired) electrons. The molecule has 1 aliphatic rings. The monoisotopic (exact) mass is 616 g/mol. The number of carbonyl (C=O) groups excluding carboxylic acids is 2. The topological polar surface area (TPSA) is 136 Å². The van der Waals surface area contributed by atoms with Crippen LogP contribution in [0.1, 0.15) is 37.0 Å². The number of nitrogens with one attached hydrogen (secondary N) is 2. The lowest BCUT2D eigenvalue weighted by atomic mass is 10.1. The number of imide groups is 1. The largest absolute Gasteiger partial charge is 0.489 e. The van der Waals surface area contributed by atoms with Crippen molar-refractivity contribution in [1.82, 2.24) is 25.0 Å². The van der Waals surface area contributed by atoms with Crippen LogP contribution in [0.25, 0.3) is 15.9 Å². The minimum absolute atomic E-state index is 0.0523. The predicted molar refractivity (Wildman–Crippen MR) is 158 cm³/mol. The van der Waals surface area contributed by atoms with Gasteiger partial charge in [0.25, 0.3) is 5.91 Å². The van der Waals surface area contributed by atoms with Crippen LogP contribution in [-0.4, -0.2) is 71.5 Å². The van der Waals surface area contributed by atoms with Gasteiger partial charge in [0.05, 0.1) is 37.1 Å². The number of urea groups is 1. The molecule has 2 aromatic heterocycles. The maximum atomic E-state index is 13.2. The molecule has 1 fully saturated rings. The van der Waals surface area contributed by atoms with E-state index in [0.29, 0.717) is 34.5 Å². The second kappa shape index (κ2) is 11.8. The summed E-state index contributed by atoms with van der Waals surface area (Å²) < 4.78 is 34.4. The first kappa shape index (κ1) is 29.0. The molecule has 0 saturated carbocycles. The Morgan fingerprint density at radius 2 is 1.93 bits per heavy atom. The Morgan fingerprint density at radius 3 is 2.61 bits per heavy atom. The summed E-state index contributed by atoms with van der Waals surface area (Å²) in [7, 11) is -1.51. The SMILES string of the molecule is CC(C)Oc1cc(Cl)c(C(=O)NC(=O)Nc2nc3ccc(S(=O)(=O)C4CCN(C)CC4)cc3s2)cc1-n1cccn1. The van der Waals surface area contributed by atoms with E-state index in [-0.39, 0.29) is 26.7 Å². The van der Waals surface area contributed by atoms with E-state index in [9.17, 15) is 18.0 Å². The average molecular weight is 617 g/mol. The maximum absolute atomic E-state index is 13.2. The zero-order chi connectivity index (χ0) is 29.3. The van der Waals surface area contributed by atoms with E-state index >= 15 is 0 Å². The predicted octanol–water partition coefficient (Wildman–Crippen LogP) is 4.75. The molecule has 14 heteroatoms. The Morgan fingerprint density at radius 1 is 1.17 bits per heavy atom. The molecule has 41 heavy (non-hydrogen) atoms. The standard InChI is InChI=1S/C27H29ClN6O5S2/c1-16(2)39-23-15-20(28)19(14-22(23)34-10-4-9-29-34)25(35)31-26(36)32-27-30-21-6-5-18(13-24(21)40-27)41(37,38)17-7-11-33(3)12-8-17/h4-6,9-10,13-17H,7-8,11-12H2,1-3H3,(H2,30,31,32,35,36). The van der Waals surface area contributed by atoms with Crippen molar-refractivity contribution in [3.8, 4) is 11.4 Å². The molecule has 5 rings (SSSR count). The highest BCUT2D eigenvalue weighted by molar-refractivity contribution is 7.92. The highest BCUT2D eigenvalue weighted by Crippen LogP contribution is 2.32. The number of ether oxygens (including phenoxy) is 1. The van der Waals surface area contributed by atoms with Crippen molar-refractivity contribution in [3.63, 3.8) is 0 Å². The normalized spacial score (nSPS) is 14.9. The first-order valence-electron chi connectivity index (χ1n) is 13.0. The molecule has 4 aromatic rings. The lowest BCUT2D eigenvalue weighted by Gasteiger charge is -2.28. The van der Waals surface area contributed by atoms with E-state index in [1.165, 1.54) is 16.8 Å². The number of anilines is 1. The Balaban J connectivity index is 1.31. The third-order valence-corrected chi connectivity index (χ3v) is 10.2. The summed E-state index contributed by atoms with van der Waals surface area (Å²) in [6.07, 6.45) is 4.31. The van der Waals surface area contributed by atoms with Gasteiger partial charge in [0.15, 0.2) is 15.0 Å². The van der Waals surface area contributed by atoms with Gasteiger partial charge < -0.3 is 9.64 Å². The number of nitrogens with zero attached hydrogens (tertiary/aromatic N) is 4. The Kier molecular flexibility index (Phi) is 8.32. The van der Waals surface area contributed by atoms with E-state index in [1.807, 2.05) is 20.9 Å². The van der Waals surface area contributed by atoms with Crippen LogP contribution in [-0.2, 0) is 9.84 Å². The third kappa shape index (κ3) is 6.38. The number of benzene rings is 2. The molecule has 1 aliphatic heterocycles. The van der Waals surface area contributed by atoms with Gasteiger partial charge in [-0.3, -0.25) is 15.4 Å². The van der Waals surface area contributed by atoms with E-state index in [2.05, 4.69) is 25.6 Å². The van der Waals surface area contributed by atoms with Crippen LogP contribution in [0, 0.1) is 0 Å². The number of hydrogen-bond acceptors (Lipinski definition) is 9. The second-order valence-electron chi connectivity index (χ2n) is 10.0. The van der Waals surface area contributed by atoms with Crippen molar-refractivity contribution in [2.24, 2.45) is 0 Å². The molecule has 3 amide bonds. The van der Waals surface area contributed by atoms with E-state index < -0.39 is 27.0 Å². The smallest absolute Gasteiger partial charge is 0.327 e. The first-order valence-corrected chi connectivity index (χ1v) is 15.7. The van der Waals surface area contributed by atoms with Crippen molar-refractivity contribution in [2.45, 2.75) is 42.9 Å². The fourth-order valence-electron chi connectivity index (χ4n) is 4.58. The fourth-order valence-corrected chi connectivity index (χ4v) is 7.55. The van der Waals surface area contributed by atoms with E-state index in [1.54, 1.807) is 36.7 Å². The van der Waals surface area contributed by atoms with Crippen LogP contribution in [0.3, 0.4) is 0 Å². The summed E-state index contributed by atoms with van der Waals surface area (Å²) in [5, 5.41) is 8.91. The van der Waals surface area contributed by atoms with Crippen molar-refractivity contribution >= 4 is 60.1 Å². The summed E-state index contributed by atoms with van der Waals surface area (Å²) in [5.41, 5.74) is 1.07. The fraction of sp³-hybridized carbons (Fsp3) is 0.333. The number of thiazole rings is 1. The molecular weight excluding hydrogens is 588 g/mol. The van der Waals surface area contributed by atoms with Gasteiger partial charge in [-0.25, -0.2) is 22.9 Å². The molecule has 2 N–H and O–H groups in total. The van der Waals surface area contributed by atoms with Gasteiger partial charge in [0.1, 0.15) is 11.4 Å². The van der Waals surface area contributed by atoms with E-state index in [4.69, 9.17) is 16.3 Å². The zero-order valence-electron chi connectivity index (χ0n) is 22.6. The number of amides is 3. The van der Waals surface area contributed by atoms with Crippen molar-refractivity contribution in [3.05, 3.63) is 59.4 Å². The van der Waals surface area contributed by atoms with Gasteiger partial charge in [-0.1, -0.05) is 22.9 Å². The third-order valence-electron chi connectivity index (χ3n) is 6.65. The number of piperidine rings is 1. The summed E-state index contributed by atoms with van der Waals surface area (Å²) in [6, 6.07) is 8.69. The molecule has 2 aromatic carbocycles. The molecule has 216 valence electrons. The molecule has 0 spiro atoms. The van der Waals surface area contributed by atoms with Crippen LogP contribution < -0.4 is 15.4 Å². The number of rotatable bonds is 7. The number of likely N-dealkylation sites (tertiary alicyclic amines) is 1. The molecule has 1 saturated heterocycles. The summed E-state index contributed by atoms with van der Waals surface area (Å²) in [4.78, 5) is 32.4. The first-order chi connectivity index (χ1) is 19.5. The van der Waals surface area contributed by atoms with Gasteiger partial charge in [0.2, 0.25) is 0 Å². The lowest BCUT2D eigenvalue weighted by molar-refractivity contribution is 0.0967.